The molecule has 0 aliphatic rings. The fourth-order valence-corrected chi connectivity index (χ4v) is 2.31. The van der Waals surface area contributed by atoms with Gasteiger partial charge in [-0.1, -0.05) is 12.1 Å². The van der Waals surface area contributed by atoms with Gasteiger partial charge in [0.05, 0.1) is 11.5 Å². The van der Waals surface area contributed by atoms with Crippen LogP contribution in [0.2, 0.25) is 0 Å². The van der Waals surface area contributed by atoms with Crippen molar-refractivity contribution in [2.45, 2.75) is 26.8 Å². The lowest BCUT2D eigenvalue weighted by atomic mass is 10.2. The van der Waals surface area contributed by atoms with Crippen molar-refractivity contribution in [3.63, 3.8) is 0 Å². The monoisotopic (exact) mass is 338 g/mol. The topological polar surface area (TPSA) is 84.5 Å². The molecule has 126 valence electrons. The molecule has 0 saturated heterocycles. The van der Waals surface area contributed by atoms with Crippen LogP contribution in [-0.2, 0) is 19.1 Å². The van der Waals surface area contributed by atoms with Gasteiger partial charge in [-0.15, -0.1) is 11.8 Å². The highest BCUT2D eigenvalue weighted by Crippen LogP contribution is 2.10. The van der Waals surface area contributed by atoms with Crippen molar-refractivity contribution >= 4 is 35.2 Å². The third-order valence-electron chi connectivity index (χ3n) is 2.57. The summed E-state index contributed by atoms with van der Waals surface area (Å²) in [5.41, 5.74) is 1.78. The Labute approximate surface area is 140 Å². The van der Waals surface area contributed by atoms with E-state index in [2.05, 4.69) is 10.6 Å². The Kier molecular flexibility index (Phi) is 8.18. The van der Waals surface area contributed by atoms with Crippen molar-refractivity contribution in [3.05, 3.63) is 29.8 Å². The van der Waals surface area contributed by atoms with E-state index in [1.807, 2.05) is 39.0 Å². The van der Waals surface area contributed by atoms with Gasteiger partial charge in [0.2, 0.25) is 5.91 Å². The molecular weight excluding hydrogens is 316 g/mol. The smallest absolute Gasteiger partial charge is 0.316 e. The van der Waals surface area contributed by atoms with Gasteiger partial charge in [-0.05, 0) is 38.5 Å². The first-order chi connectivity index (χ1) is 10.9. The van der Waals surface area contributed by atoms with Crippen molar-refractivity contribution in [1.29, 1.82) is 0 Å². The third-order valence-corrected chi connectivity index (χ3v) is 3.47. The third kappa shape index (κ3) is 8.87. The predicted octanol–water partition coefficient (Wildman–Crippen LogP) is 1.73. The van der Waals surface area contributed by atoms with E-state index < -0.39 is 5.97 Å². The van der Waals surface area contributed by atoms with Crippen LogP contribution in [0.5, 0.6) is 0 Å². The Morgan fingerprint density at radius 2 is 1.91 bits per heavy atom. The maximum Gasteiger partial charge on any atom is 0.316 e. The zero-order valence-electron chi connectivity index (χ0n) is 13.5. The standard InChI is InChI=1S/C16H22N2O4S/c1-11(2)17-14(19)8-22-16(21)10-23-9-15(20)18-13-6-4-5-12(3)7-13/h4-7,11H,8-10H2,1-3H3,(H,17,19)(H,18,20). The molecule has 0 fully saturated rings. The van der Waals surface area contributed by atoms with E-state index in [-0.39, 0.29) is 36.0 Å². The molecule has 0 atom stereocenters. The Morgan fingerprint density at radius 1 is 1.17 bits per heavy atom. The van der Waals surface area contributed by atoms with Crippen molar-refractivity contribution < 1.29 is 19.1 Å². The molecule has 2 N–H and O–H groups in total. The first-order valence-corrected chi connectivity index (χ1v) is 8.41. The predicted molar refractivity (Wildman–Crippen MR) is 91.4 cm³/mol. The van der Waals surface area contributed by atoms with Gasteiger partial charge in [-0.3, -0.25) is 14.4 Å². The summed E-state index contributed by atoms with van der Waals surface area (Å²) in [6.07, 6.45) is 0. The molecule has 6 nitrogen and oxygen atoms in total. The summed E-state index contributed by atoms with van der Waals surface area (Å²) >= 11 is 1.14. The minimum absolute atomic E-state index is 0.000830. The number of amides is 2. The number of rotatable bonds is 8. The molecule has 1 rings (SSSR count). The van der Waals surface area contributed by atoms with Crippen LogP contribution in [0.4, 0.5) is 5.69 Å². The summed E-state index contributed by atoms with van der Waals surface area (Å²) in [7, 11) is 0. The molecule has 0 spiro atoms. The number of benzene rings is 1. The number of ether oxygens (including phenoxy) is 1. The second-order valence-electron chi connectivity index (χ2n) is 5.29. The van der Waals surface area contributed by atoms with E-state index >= 15 is 0 Å². The first-order valence-electron chi connectivity index (χ1n) is 7.26. The van der Waals surface area contributed by atoms with Gasteiger partial charge in [0.1, 0.15) is 0 Å². The summed E-state index contributed by atoms with van der Waals surface area (Å²) in [6.45, 7) is 5.29. The Hall–Kier alpha value is -2.02. The second-order valence-corrected chi connectivity index (χ2v) is 6.28. The molecule has 1 aromatic rings. The van der Waals surface area contributed by atoms with Crippen LogP contribution in [0, 0.1) is 6.92 Å². The molecule has 2 amide bonds. The Balaban J connectivity index is 2.19. The van der Waals surface area contributed by atoms with Gasteiger partial charge < -0.3 is 15.4 Å². The molecule has 0 saturated carbocycles. The fraction of sp³-hybridized carbons (Fsp3) is 0.438. The van der Waals surface area contributed by atoms with Crippen LogP contribution in [0.15, 0.2) is 24.3 Å². The molecule has 0 radical (unpaired) electrons. The molecule has 0 bridgehead atoms. The number of carbonyl (C=O) groups excluding carboxylic acids is 3. The number of hydrogen-bond acceptors (Lipinski definition) is 5. The van der Waals surface area contributed by atoms with Crippen molar-refractivity contribution in [3.8, 4) is 0 Å². The molecule has 7 heteroatoms. The fourth-order valence-electron chi connectivity index (χ4n) is 1.70. The molecule has 0 unspecified atom stereocenters. The van der Waals surface area contributed by atoms with Gasteiger partial charge in [-0.25, -0.2) is 0 Å². The number of thioether (sulfide) groups is 1. The normalized spacial score (nSPS) is 10.3. The number of aryl methyl sites for hydroxylation is 1. The van der Waals surface area contributed by atoms with E-state index in [9.17, 15) is 14.4 Å². The van der Waals surface area contributed by atoms with Gasteiger partial charge in [-0.2, -0.15) is 0 Å². The summed E-state index contributed by atoms with van der Waals surface area (Å²) in [5, 5.41) is 5.37. The largest absolute Gasteiger partial charge is 0.455 e. The van der Waals surface area contributed by atoms with Gasteiger partial charge in [0, 0.05) is 11.7 Å². The van der Waals surface area contributed by atoms with Gasteiger partial charge in [0.25, 0.3) is 5.91 Å². The average molecular weight is 338 g/mol. The zero-order chi connectivity index (χ0) is 17.2. The van der Waals surface area contributed by atoms with Gasteiger partial charge in [0.15, 0.2) is 6.61 Å². The zero-order valence-corrected chi connectivity index (χ0v) is 14.4. The molecule has 0 heterocycles. The summed E-state index contributed by atoms with van der Waals surface area (Å²) < 4.78 is 4.82. The number of hydrogen-bond donors (Lipinski definition) is 2. The maximum atomic E-state index is 11.7. The molecule has 0 aromatic heterocycles. The maximum absolute atomic E-state index is 11.7. The number of esters is 1. The van der Waals surface area contributed by atoms with E-state index in [0.717, 1.165) is 23.0 Å². The second kappa shape index (κ2) is 9.89. The van der Waals surface area contributed by atoms with Crippen molar-refractivity contribution in [1.82, 2.24) is 5.32 Å². The molecular formula is C16H22N2O4S. The Morgan fingerprint density at radius 3 is 2.57 bits per heavy atom. The average Bonchev–Trinajstić information content (AvgIpc) is 2.44. The summed E-state index contributed by atoms with van der Waals surface area (Å²) in [5.74, 6) is -0.879. The van der Waals surface area contributed by atoms with Crippen molar-refractivity contribution in [2.24, 2.45) is 0 Å². The van der Waals surface area contributed by atoms with Crippen LogP contribution in [-0.4, -0.2) is 41.9 Å². The van der Waals surface area contributed by atoms with Crippen LogP contribution in [0.1, 0.15) is 19.4 Å². The number of anilines is 1. The van der Waals surface area contributed by atoms with Crippen LogP contribution >= 0.6 is 11.8 Å². The van der Waals surface area contributed by atoms with E-state index in [4.69, 9.17) is 4.74 Å². The molecule has 1 aromatic carbocycles. The summed E-state index contributed by atoms with van der Waals surface area (Å²) in [6, 6.07) is 7.47. The summed E-state index contributed by atoms with van der Waals surface area (Å²) in [4.78, 5) is 34.5. The van der Waals surface area contributed by atoms with Crippen LogP contribution in [0.25, 0.3) is 0 Å². The molecule has 0 aliphatic heterocycles. The van der Waals surface area contributed by atoms with E-state index in [1.165, 1.54) is 0 Å². The lowest BCUT2D eigenvalue weighted by Gasteiger charge is -2.09. The minimum atomic E-state index is -0.516. The molecule has 23 heavy (non-hydrogen) atoms. The number of carbonyl (C=O) groups is 3. The van der Waals surface area contributed by atoms with E-state index in [0.29, 0.717) is 0 Å². The lowest BCUT2D eigenvalue weighted by Crippen LogP contribution is -2.34. The SMILES string of the molecule is Cc1cccc(NC(=O)CSCC(=O)OCC(=O)NC(C)C)c1. The highest BCUT2D eigenvalue weighted by atomic mass is 32.2. The molecule has 0 aliphatic carbocycles. The highest BCUT2D eigenvalue weighted by molar-refractivity contribution is 8.00. The quantitative estimate of drug-likeness (QED) is 0.705. The van der Waals surface area contributed by atoms with Crippen LogP contribution < -0.4 is 10.6 Å². The minimum Gasteiger partial charge on any atom is -0.455 e. The van der Waals surface area contributed by atoms with Crippen molar-refractivity contribution in [2.75, 3.05) is 23.4 Å². The first kappa shape index (κ1) is 19.0. The number of nitrogens with one attached hydrogen (secondary N) is 2. The lowest BCUT2D eigenvalue weighted by molar-refractivity contribution is -0.146. The Bertz CT molecular complexity index is 561. The van der Waals surface area contributed by atoms with E-state index in [1.54, 1.807) is 6.07 Å². The highest BCUT2D eigenvalue weighted by Gasteiger charge is 2.10. The van der Waals surface area contributed by atoms with Crippen LogP contribution in [0.3, 0.4) is 0 Å². The van der Waals surface area contributed by atoms with Gasteiger partial charge >= 0.3 is 5.97 Å².